The van der Waals surface area contributed by atoms with Gasteiger partial charge in [-0.3, -0.25) is 4.90 Å². The minimum atomic E-state index is 0.480. The van der Waals surface area contributed by atoms with Gasteiger partial charge in [-0.1, -0.05) is 18.2 Å². The molecule has 5 heteroatoms. The van der Waals surface area contributed by atoms with E-state index in [4.69, 9.17) is 0 Å². The third-order valence-corrected chi connectivity index (χ3v) is 4.87. The standard InChI is InChI=1S/C16H22N4S/c1-12(20-9-4-5-10-20)13-7-6-8-14(11-13)15-17-16(18-21-15)19(2)3/h6-8,11-12H,4-5,9-10H2,1-3H3/t12-/m1/s1. The smallest absolute Gasteiger partial charge is 0.237 e. The van der Waals surface area contributed by atoms with Crippen LogP contribution in [0, 0.1) is 0 Å². The van der Waals surface area contributed by atoms with Crippen LogP contribution >= 0.6 is 11.5 Å². The highest BCUT2D eigenvalue weighted by atomic mass is 32.1. The number of hydrogen-bond acceptors (Lipinski definition) is 5. The summed E-state index contributed by atoms with van der Waals surface area (Å²) in [7, 11) is 3.94. The van der Waals surface area contributed by atoms with Gasteiger partial charge in [0.2, 0.25) is 5.95 Å². The van der Waals surface area contributed by atoms with Gasteiger partial charge in [0.25, 0.3) is 0 Å². The van der Waals surface area contributed by atoms with Gasteiger partial charge in [0.1, 0.15) is 5.01 Å². The van der Waals surface area contributed by atoms with Crippen molar-refractivity contribution in [2.75, 3.05) is 32.1 Å². The lowest BCUT2D eigenvalue weighted by Gasteiger charge is -2.24. The Morgan fingerprint density at radius 1 is 1.24 bits per heavy atom. The van der Waals surface area contributed by atoms with Crippen LogP contribution in [0.1, 0.15) is 31.4 Å². The van der Waals surface area contributed by atoms with Crippen LogP contribution in [-0.2, 0) is 0 Å². The molecule has 1 aliphatic rings. The molecule has 3 rings (SSSR count). The SMILES string of the molecule is C[C@H](c1cccc(-c2nc(N(C)C)ns2)c1)N1CCCC1. The van der Waals surface area contributed by atoms with Crippen molar-refractivity contribution < 1.29 is 0 Å². The molecule has 0 N–H and O–H groups in total. The molecular weight excluding hydrogens is 280 g/mol. The molecule has 0 saturated carbocycles. The second-order valence-electron chi connectivity index (χ2n) is 5.84. The molecule has 0 radical (unpaired) electrons. The maximum absolute atomic E-state index is 4.60. The normalized spacial score (nSPS) is 17.1. The summed E-state index contributed by atoms with van der Waals surface area (Å²) in [6.45, 7) is 4.74. The zero-order valence-corrected chi connectivity index (χ0v) is 13.7. The van der Waals surface area contributed by atoms with Crippen LogP contribution in [0.25, 0.3) is 10.6 Å². The summed E-state index contributed by atoms with van der Waals surface area (Å²) >= 11 is 1.47. The lowest BCUT2D eigenvalue weighted by molar-refractivity contribution is 0.263. The molecule has 21 heavy (non-hydrogen) atoms. The van der Waals surface area contributed by atoms with Crippen LogP contribution in [0.4, 0.5) is 5.95 Å². The van der Waals surface area contributed by atoms with Gasteiger partial charge in [0, 0.05) is 25.7 Å². The zero-order valence-electron chi connectivity index (χ0n) is 12.9. The Kier molecular flexibility index (Phi) is 4.22. The molecule has 1 aromatic carbocycles. The molecule has 1 atom stereocenters. The van der Waals surface area contributed by atoms with Crippen LogP contribution in [0.15, 0.2) is 24.3 Å². The van der Waals surface area contributed by atoms with Gasteiger partial charge in [-0.25, -0.2) is 0 Å². The number of rotatable bonds is 4. The number of aromatic nitrogens is 2. The van der Waals surface area contributed by atoms with E-state index >= 15 is 0 Å². The Bertz CT molecular complexity index is 602. The molecule has 1 saturated heterocycles. The minimum absolute atomic E-state index is 0.480. The Morgan fingerprint density at radius 2 is 2.00 bits per heavy atom. The van der Waals surface area contributed by atoms with Crippen molar-refractivity contribution in [1.82, 2.24) is 14.3 Å². The van der Waals surface area contributed by atoms with E-state index in [1.54, 1.807) is 0 Å². The fourth-order valence-electron chi connectivity index (χ4n) is 2.79. The van der Waals surface area contributed by atoms with E-state index in [1.165, 1.54) is 48.6 Å². The largest absolute Gasteiger partial charge is 0.346 e. The lowest BCUT2D eigenvalue weighted by atomic mass is 10.0. The highest BCUT2D eigenvalue weighted by Crippen LogP contribution is 2.29. The Morgan fingerprint density at radius 3 is 2.67 bits per heavy atom. The van der Waals surface area contributed by atoms with Gasteiger partial charge in [-0.2, -0.15) is 9.36 Å². The number of likely N-dealkylation sites (tertiary alicyclic amines) is 1. The van der Waals surface area contributed by atoms with E-state index in [2.05, 4.69) is 45.4 Å². The van der Waals surface area contributed by atoms with Crippen LogP contribution in [-0.4, -0.2) is 41.4 Å². The monoisotopic (exact) mass is 302 g/mol. The van der Waals surface area contributed by atoms with E-state index in [0.717, 1.165) is 11.0 Å². The number of nitrogens with zero attached hydrogens (tertiary/aromatic N) is 4. The van der Waals surface area contributed by atoms with E-state index in [-0.39, 0.29) is 0 Å². The summed E-state index contributed by atoms with van der Waals surface area (Å²) in [6.07, 6.45) is 2.65. The van der Waals surface area contributed by atoms with Gasteiger partial charge in [-0.05, 0) is 56.0 Å². The van der Waals surface area contributed by atoms with Crippen LogP contribution in [0.5, 0.6) is 0 Å². The number of anilines is 1. The first kappa shape index (κ1) is 14.5. The summed E-state index contributed by atoms with van der Waals surface area (Å²) in [4.78, 5) is 9.10. The van der Waals surface area contributed by atoms with Crippen molar-refractivity contribution in [3.8, 4) is 10.6 Å². The first-order chi connectivity index (χ1) is 10.1. The Balaban J connectivity index is 1.84. The quantitative estimate of drug-likeness (QED) is 0.866. The van der Waals surface area contributed by atoms with Crippen molar-refractivity contribution in [2.24, 2.45) is 0 Å². The summed E-state index contributed by atoms with van der Waals surface area (Å²) in [6, 6.07) is 9.23. The summed E-state index contributed by atoms with van der Waals surface area (Å²) in [5, 5.41) is 0.995. The molecule has 0 aliphatic carbocycles. The molecule has 1 aromatic heterocycles. The Hall–Kier alpha value is -1.46. The molecule has 1 fully saturated rings. The van der Waals surface area contributed by atoms with Crippen LogP contribution in [0.3, 0.4) is 0 Å². The summed E-state index contributed by atoms with van der Waals surface area (Å²) < 4.78 is 4.39. The van der Waals surface area contributed by atoms with E-state index in [1.807, 2.05) is 19.0 Å². The first-order valence-electron chi connectivity index (χ1n) is 7.50. The van der Waals surface area contributed by atoms with Gasteiger partial charge in [-0.15, -0.1) is 0 Å². The Labute approximate surface area is 130 Å². The second-order valence-corrected chi connectivity index (χ2v) is 6.59. The minimum Gasteiger partial charge on any atom is -0.346 e. The molecule has 2 aromatic rings. The maximum atomic E-state index is 4.60. The lowest BCUT2D eigenvalue weighted by Crippen LogP contribution is -2.23. The average Bonchev–Trinajstić information content (AvgIpc) is 3.18. The van der Waals surface area contributed by atoms with Crippen LogP contribution in [0.2, 0.25) is 0 Å². The van der Waals surface area contributed by atoms with Crippen molar-refractivity contribution >= 4 is 17.5 Å². The number of benzene rings is 1. The zero-order chi connectivity index (χ0) is 14.8. The van der Waals surface area contributed by atoms with Gasteiger partial charge in [0.05, 0.1) is 0 Å². The summed E-state index contributed by atoms with van der Waals surface area (Å²) in [5.41, 5.74) is 2.54. The predicted molar refractivity (Wildman–Crippen MR) is 88.9 cm³/mol. The fraction of sp³-hybridized carbons (Fsp3) is 0.500. The molecule has 4 nitrogen and oxygen atoms in total. The first-order valence-corrected chi connectivity index (χ1v) is 8.28. The van der Waals surface area contributed by atoms with Crippen molar-refractivity contribution in [3.05, 3.63) is 29.8 Å². The number of hydrogen-bond donors (Lipinski definition) is 0. The van der Waals surface area contributed by atoms with Crippen molar-refractivity contribution in [2.45, 2.75) is 25.8 Å². The predicted octanol–water partition coefficient (Wildman–Crippen LogP) is 3.43. The molecule has 2 heterocycles. The van der Waals surface area contributed by atoms with Crippen molar-refractivity contribution in [1.29, 1.82) is 0 Å². The molecule has 0 bridgehead atoms. The van der Waals surface area contributed by atoms with Crippen LogP contribution < -0.4 is 4.90 Å². The third-order valence-electron chi connectivity index (χ3n) is 4.12. The van der Waals surface area contributed by atoms with Crippen molar-refractivity contribution in [3.63, 3.8) is 0 Å². The van der Waals surface area contributed by atoms with E-state index in [0.29, 0.717) is 6.04 Å². The second kappa shape index (κ2) is 6.12. The van der Waals surface area contributed by atoms with E-state index < -0.39 is 0 Å². The fourth-order valence-corrected chi connectivity index (χ4v) is 3.51. The molecule has 112 valence electrons. The van der Waals surface area contributed by atoms with Gasteiger partial charge in [0.15, 0.2) is 0 Å². The maximum Gasteiger partial charge on any atom is 0.237 e. The average molecular weight is 302 g/mol. The molecule has 1 aliphatic heterocycles. The highest BCUT2D eigenvalue weighted by molar-refractivity contribution is 7.09. The van der Waals surface area contributed by atoms with Gasteiger partial charge >= 0.3 is 0 Å². The molecule has 0 amide bonds. The molecule has 0 unspecified atom stereocenters. The van der Waals surface area contributed by atoms with Gasteiger partial charge < -0.3 is 4.90 Å². The molecule has 0 spiro atoms. The highest BCUT2D eigenvalue weighted by Gasteiger charge is 2.20. The molecular formula is C16H22N4S. The van der Waals surface area contributed by atoms with E-state index in [9.17, 15) is 0 Å². The third kappa shape index (κ3) is 3.09. The topological polar surface area (TPSA) is 32.3 Å². The summed E-state index contributed by atoms with van der Waals surface area (Å²) in [5.74, 6) is 0.785.